The third-order valence-electron chi connectivity index (χ3n) is 3.06. The Hall–Kier alpha value is -1.20. The van der Waals surface area contributed by atoms with Gasteiger partial charge in [-0.2, -0.15) is 0 Å². The summed E-state index contributed by atoms with van der Waals surface area (Å²) in [7, 11) is 0. The van der Waals surface area contributed by atoms with Gasteiger partial charge in [-0.15, -0.1) is 0 Å². The fourth-order valence-corrected chi connectivity index (χ4v) is 2.36. The molecule has 1 aromatic rings. The highest BCUT2D eigenvalue weighted by molar-refractivity contribution is 7.80. The van der Waals surface area contributed by atoms with Crippen LogP contribution in [0.15, 0.2) is 18.3 Å². The second-order valence-electron chi connectivity index (χ2n) is 4.35. The van der Waals surface area contributed by atoms with Crippen molar-refractivity contribution in [2.45, 2.75) is 12.8 Å². The zero-order valence-corrected chi connectivity index (χ0v) is 11.4. The first-order valence-electron chi connectivity index (χ1n) is 5.78. The number of halogens is 1. The van der Waals surface area contributed by atoms with E-state index in [0.29, 0.717) is 22.2 Å². The molecule has 1 aliphatic rings. The summed E-state index contributed by atoms with van der Waals surface area (Å²) in [5.41, 5.74) is 6.05. The van der Waals surface area contributed by atoms with Gasteiger partial charge in [0.05, 0.1) is 10.0 Å². The molecule has 0 aliphatic carbocycles. The van der Waals surface area contributed by atoms with Crippen molar-refractivity contribution in [3.8, 4) is 0 Å². The van der Waals surface area contributed by atoms with Gasteiger partial charge >= 0.3 is 0 Å². The molecule has 1 atom stereocenters. The van der Waals surface area contributed by atoms with Crippen LogP contribution in [0.1, 0.15) is 23.3 Å². The van der Waals surface area contributed by atoms with E-state index in [9.17, 15) is 4.79 Å². The summed E-state index contributed by atoms with van der Waals surface area (Å²) in [5.74, 6) is 0.0256. The molecular formula is C12H14ClN3OS. The molecule has 1 unspecified atom stereocenters. The van der Waals surface area contributed by atoms with E-state index in [1.54, 1.807) is 17.0 Å². The van der Waals surface area contributed by atoms with Crippen molar-refractivity contribution in [3.63, 3.8) is 0 Å². The fraction of sp³-hybridized carbons (Fsp3) is 0.417. The topological polar surface area (TPSA) is 59.2 Å². The van der Waals surface area contributed by atoms with Crippen molar-refractivity contribution in [2.24, 2.45) is 11.7 Å². The Morgan fingerprint density at radius 2 is 2.33 bits per heavy atom. The van der Waals surface area contributed by atoms with Gasteiger partial charge in [0.25, 0.3) is 5.91 Å². The number of pyridine rings is 1. The monoisotopic (exact) mass is 283 g/mol. The molecule has 1 saturated heterocycles. The summed E-state index contributed by atoms with van der Waals surface area (Å²) >= 11 is 10.7. The molecule has 2 N–H and O–H groups in total. The van der Waals surface area contributed by atoms with Crippen LogP contribution in [0.4, 0.5) is 0 Å². The van der Waals surface area contributed by atoms with Crippen molar-refractivity contribution in [1.29, 1.82) is 0 Å². The molecule has 96 valence electrons. The largest absolute Gasteiger partial charge is 0.393 e. The van der Waals surface area contributed by atoms with E-state index in [4.69, 9.17) is 29.6 Å². The summed E-state index contributed by atoms with van der Waals surface area (Å²) in [6.45, 7) is 1.31. The van der Waals surface area contributed by atoms with E-state index in [0.717, 1.165) is 19.4 Å². The highest BCUT2D eigenvalue weighted by Gasteiger charge is 2.26. The maximum Gasteiger partial charge on any atom is 0.272 e. The lowest BCUT2D eigenvalue weighted by Crippen LogP contribution is -2.43. The smallest absolute Gasteiger partial charge is 0.272 e. The van der Waals surface area contributed by atoms with Crippen molar-refractivity contribution in [3.05, 3.63) is 29.0 Å². The normalized spacial score (nSPS) is 19.6. The van der Waals surface area contributed by atoms with Crippen molar-refractivity contribution < 1.29 is 4.79 Å². The number of hydrogen-bond acceptors (Lipinski definition) is 3. The Morgan fingerprint density at radius 1 is 1.56 bits per heavy atom. The zero-order valence-electron chi connectivity index (χ0n) is 9.80. The van der Waals surface area contributed by atoms with Crippen LogP contribution in [-0.2, 0) is 0 Å². The molecule has 1 amide bonds. The minimum atomic E-state index is -0.0902. The maximum absolute atomic E-state index is 12.2. The second-order valence-corrected chi connectivity index (χ2v) is 5.26. The molecule has 4 nitrogen and oxygen atoms in total. The average molecular weight is 284 g/mol. The Labute approximate surface area is 116 Å². The molecule has 2 heterocycles. The van der Waals surface area contributed by atoms with Crippen LogP contribution < -0.4 is 5.73 Å². The standard InChI is InChI=1S/C12H14ClN3OS/c13-9-3-4-10(15-6-9)12(17)16-5-1-2-8(7-16)11(14)18/h3-4,6,8H,1-2,5,7H2,(H2,14,18). The van der Waals surface area contributed by atoms with Gasteiger partial charge in [-0.25, -0.2) is 4.98 Å². The van der Waals surface area contributed by atoms with E-state index in [-0.39, 0.29) is 11.8 Å². The third kappa shape index (κ3) is 2.97. The Balaban J connectivity index is 2.09. The van der Waals surface area contributed by atoms with Crippen molar-refractivity contribution in [1.82, 2.24) is 9.88 Å². The van der Waals surface area contributed by atoms with E-state index < -0.39 is 0 Å². The van der Waals surface area contributed by atoms with E-state index in [1.165, 1.54) is 6.20 Å². The van der Waals surface area contributed by atoms with Crippen LogP contribution in [0.3, 0.4) is 0 Å². The van der Waals surface area contributed by atoms with Crippen LogP contribution in [-0.4, -0.2) is 33.9 Å². The van der Waals surface area contributed by atoms with Gasteiger partial charge in [-0.1, -0.05) is 23.8 Å². The van der Waals surface area contributed by atoms with E-state index in [1.807, 2.05) is 0 Å². The lowest BCUT2D eigenvalue weighted by Gasteiger charge is -2.31. The maximum atomic E-state index is 12.2. The molecule has 1 aromatic heterocycles. The van der Waals surface area contributed by atoms with Gasteiger partial charge in [-0.05, 0) is 25.0 Å². The van der Waals surface area contributed by atoms with Gasteiger partial charge in [0.2, 0.25) is 0 Å². The zero-order chi connectivity index (χ0) is 13.1. The predicted octanol–water partition coefficient (Wildman–Crippen LogP) is 1.87. The number of nitrogens with zero attached hydrogens (tertiary/aromatic N) is 2. The molecular weight excluding hydrogens is 270 g/mol. The minimum absolute atomic E-state index is 0.0902. The number of hydrogen-bond donors (Lipinski definition) is 1. The number of thiocarbonyl (C=S) groups is 1. The quantitative estimate of drug-likeness (QED) is 0.842. The molecule has 1 aliphatic heterocycles. The number of piperidine rings is 1. The lowest BCUT2D eigenvalue weighted by molar-refractivity contribution is 0.0697. The molecule has 1 fully saturated rings. The predicted molar refractivity (Wildman–Crippen MR) is 74.7 cm³/mol. The molecule has 0 spiro atoms. The molecule has 18 heavy (non-hydrogen) atoms. The third-order valence-corrected chi connectivity index (χ3v) is 3.61. The molecule has 0 radical (unpaired) electrons. The Bertz CT molecular complexity index is 463. The minimum Gasteiger partial charge on any atom is -0.393 e. The molecule has 2 rings (SSSR count). The Morgan fingerprint density at radius 3 is 2.94 bits per heavy atom. The van der Waals surface area contributed by atoms with Gasteiger partial charge in [0.15, 0.2) is 0 Å². The van der Waals surface area contributed by atoms with Crippen molar-refractivity contribution in [2.75, 3.05) is 13.1 Å². The summed E-state index contributed by atoms with van der Waals surface area (Å²) < 4.78 is 0. The molecule has 0 bridgehead atoms. The summed E-state index contributed by atoms with van der Waals surface area (Å²) in [4.78, 5) is 18.5. The van der Waals surface area contributed by atoms with Gasteiger partial charge in [0, 0.05) is 25.2 Å². The number of amides is 1. The highest BCUT2D eigenvalue weighted by Crippen LogP contribution is 2.18. The number of aromatic nitrogens is 1. The van der Waals surface area contributed by atoms with Crippen LogP contribution >= 0.6 is 23.8 Å². The van der Waals surface area contributed by atoms with Crippen LogP contribution in [0.25, 0.3) is 0 Å². The average Bonchev–Trinajstić information content (AvgIpc) is 2.39. The second kappa shape index (κ2) is 5.63. The van der Waals surface area contributed by atoms with Gasteiger partial charge < -0.3 is 10.6 Å². The summed E-state index contributed by atoms with van der Waals surface area (Å²) in [6, 6.07) is 3.30. The number of rotatable bonds is 2. The van der Waals surface area contributed by atoms with Gasteiger partial charge in [-0.3, -0.25) is 4.79 Å². The lowest BCUT2D eigenvalue weighted by atomic mass is 9.98. The Kier molecular flexibility index (Phi) is 4.14. The SMILES string of the molecule is NC(=S)C1CCCN(C(=O)c2ccc(Cl)cn2)C1. The van der Waals surface area contributed by atoms with Crippen LogP contribution in [0, 0.1) is 5.92 Å². The number of nitrogens with two attached hydrogens (primary N) is 1. The highest BCUT2D eigenvalue weighted by atomic mass is 35.5. The number of carbonyl (C=O) groups excluding carboxylic acids is 1. The number of likely N-dealkylation sites (tertiary alicyclic amines) is 1. The van der Waals surface area contributed by atoms with Crippen molar-refractivity contribution >= 4 is 34.7 Å². The van der Waals surface area contributed by atoms with Gasteiger partial charge in [0.1, 0.15) is 5.69 Å². The fourth-order valence-electron chi connectivity index (χ4n) is 2.06. The summed E-state index contributed by atoms with van der Waals surface area (Å²) in [6.07, 6.45) is 3.35. The van der Waals surface area contributed by atoms with E-state index in [2.05, 4.69) is 4.98 Å². The molecule has 0 saturated carbocycles. The molecule has 0 aromatic carbocycles. The molecule has 6 heteroatoms. The van der Waals surface area contributed by atoms with Crippen LogP contribution in [0.5, 0.6) is 0 Å². The summed E-state index contributed by atoms with van der Waals surface area (Å²) in [5, 5.41) is 0.520. The first kappa shape index (κ1) is 13.2. The van der Waals surface area contributed by atoms with Crippen LogP contribution in [0.2, 0.25) is 5.02 Å². The number of carbonyl (C=O) groups is 1. The first-order valence-corrected chi connectivity index (χ1v) is 6.56. The van der Waals surface area contributed by atoms with E-state index >= 15 is 0 Å². The first-order chi connectivity index (χ1) is 8.58.